The Morgan fingerprint density at radius 1 is 1.11 bits per heavy atom. The van der Waals surface area contributed by atoms with E-state index in [-0.39, 0.29) is 0 Å². The predicted molar refractivity (Wildman–Crippen MR) is 80.9 cm³/mol. The van der Waals surface area contributed by atoms with Gasteiger partial charge in [0.15, 0.2) is 0 Å². The first-order valence-corrected chi connectivity index (χ1v) is 6.59. The number of carboxylic acids is 1. The van der Waals surface area contributed by atoms with Crippen LogP contribution in [-0.4, -0.2) is 25.2 Å². The van der Waals surface area contributed by atoms with Crippen molar-refractivity contribution in [2.75, 3.05) is 19.0 Å². The van der Waals surface area contributed by atoms with Crippen molar-refractivity contribution in [3.63, 3.8) is 0 Å². The summed E-state index contributed by atoms with van der Waals surface area (Å²) in [6, 6.07) is 13.1. The summed E-state index contributed by atoms with van der Waals surface area (Å²) < 4.78 is 0.970. The second-order valence-electron chi connectivity index (χ2n) is 4.44. The Kier molecular flexibility index (Phi) is 3.90. The van der Waals surface area contributed by atoms with Crippen molar-refractivity contribution >= 4 is 27.6 Å². The lowest BCUT2D eigenvalue weighted by Gasteiger charge is -2.15. The van der Waals surface area contributed by atoms with Gasteiger partial charge in [0.25, 0.3) is 0 Å². The molecule has 0 unspecified atom stereocenters. The lowest BCUT2D eigenvalue weighted by Crippen LogP contribution is -2.10. The molecule has 0 radical (unpaired) electrons. The summed E-state index contributed by atoms with van der Waals surface area (Å²) in [5, 5.41) is 9.36. The van der Waals surface area contributed by atoms with Crippen LogP contribution < -0.4 is 4.90 Å². The lowest BCUT2D eigenvalue weighted by molar-refractivity contribution is 0.0698. The molecule has 98 valence electrons. The molecule has 3 nitrogen and oxygen atoms in total. The number of carbonyl (C=O) groups is 1. The molecule has 0 saturated carbocycles. The number of halogens is 1. The van der Waals surface area contributed by atoms with Crippen LogP contribution in [0.3, 0.4) is 0 Å². The molecule has 19 heavy (non-hydrogen) atoms. The third kappa shape index (κ3) is 2.96. The second-order valence-corrected chi connectivity index (χ2v) is 5.35. The van der Waals surface area contributed by atoms with Crippen LogP contribution in [0.15, 0.2) is 46.9 Å². The van der Waals surface area contributed by atoms with E-state index >= 15 is 0 Å². The summed E-state index contributed by atoms with van der Waals surface area (Å²) in [7, 11) is 3.78. The van der Waals surface area contributed by atoms with Gasteiger partial charge < -0.3 is 10.0 Å². The molecule has 0 saturated heterocycles. The van der Waals surface area contributed by atoms with E-state index in [9.17, 15) is 9.90 Å². The zero-order chi connectivity index (χ0) is 14.0. The quantitative estimate of drug-likeness (QED) is 0.933. The highest BCUT2D eigenvalue weighted by Gasteiger charge is 2.13. The number of carboxylic acid groups (broad SMARTS) is 1. The minimum atomic E-state index is -0.915. The molecular formula is C15H14BrNO2. The van der Waals surface area contributed by atoms with Crippen molar-refractivity contribution in [2.24, 2.45) is 0 Å². The highest BCUT2D eigenvalue weighted by Crippen LogP contribution is 2.28. The van der Waals surface area contributed by atoms with Crippen molar-refractivity contribution in [1.82, 2.24) is 0 Å². The number of hydrogen-bond acceptors (Lipinski definition) is 2. The molecule has 0 amide bonds. The van der Waals surface area contributed by atoms with Crippen LogP contribution in [0.1, 0.15) is 10.4 Å². The van der Waals surface area contributed by atoms with Gasteiger partial charge in [0.1, 0.15) is 0 Å². The third-order valence-corrected chi connectivity index (χ3v) is 3.43. The Morgan fingerprint density at radius 2 is 1.74 bits per heavy atom. The molecule has 1 N–H and O–H groups in total. The second kappa shape index (κ2) is 5.45. The van der Waals surface area contributed by atoms with Crippen molar-refractivity contribution in [3.05, 3.63) is 52.5 Å². The van der Waals surface area contributed by atoms with Crippen molar-refractivity contribution in [3.8, 4) is 11.1 Å². The van der Waals surface area contributed by atoms with E-state index in [2.05, 4.69) is 15.9 Å². The molecule has 0 fully saturated rings. The molecule has 0 heterocycles. The van der Waals surface area contributed by atoms with Crippen LogP contribution in [-0.2, 0) is 0 Å². The average molecular weight is 320 g/mol. The van der Waals surface area contributed by atoms with Gasteiger partial charge in [-0.3, -0.25) is 0 Å². The summed E-state index contributed by atoms with van der Waals surface area (Å²) in [5.74, 6) is -0.915. The molecule has 2 aromatic carbocycles. The normalized spacial score (nSPS) is 10.3. The van der Waals surface area contributed by atoms with Gasteiger partial charge in [0, 0.05) is 24.3 Å². The number of anilines is 1. The van der Waals surface area contributed by atoms with Crippen LogP contribution in [0.2, 0.25) is 0 Å². The minimum Gasteiger partial charge on any atom is -0.478 e. The molecule has 2 rings (SSSR count). The van der Waals surface area contributed by atoms with Crippen LogP contribution in [0.5, 0.6) is 0 Å². The molecule has 0 atom stereocenters. The smallest absolute Gasteiger partial charge is 0.336 e. The van der Waals surface area contributed by atoms with E-state index in [1.165, 1.54) is 0 Å². The number of rotatable bonds is 3. The number of nitrogens with zero attached hydrogens (tertiary/aromatic N) is 1. The zero-order valence-electron chi connectivity index (χ0n) is 10.7. The van der Waals surface area contributed by atoms with Gasteiger partial charge >= 0.3 is 5.97 Å². The highest BCUT2D eigenvalue weighted by atomic mass is 79.9. The summed E-state index contributed by atoms with van der Waals surface area (Å²) in [4.78, 5) is 13.3. The lowest BCUT2D eigenvalue weighted by atomic mass is 9.99. The maximum atomic E-state index is 11.4. The Morgan fingerprint density at radius 3 is 2.26 bits per heavy atom. The van der Waals surface area contributed by atoms with Gasteiger partial charge in [-0.2, -0.15) is 0 Å². The molecule has 4 heteroatoms. The molecule has 0 bridgehead atoms. The van der Waals surface area contributed by atoms with Crippen LogP contribution >= 0.6 is 15.9 Å². The third-order valence-electron chi connectivity index (χ3n) is 2.91. The van der Waals surface area contributed by atoms with E-state index in [0.29, 0.717) is 5.56 Å². The first kappa shape index (κ1) is 13.6. The van der Waals surface area contributed by atoms with E-state index in [1.54, 1.807) is 6.07 Å². The van der Waals surface area contributed by atoms with E-state index < -0.39 is 5.97 Å². The van der Waals surface area contributed by atoms with Crippen molar-refractivity contribution in [1.29, 1.82) is 0 Å². The number of hydrogen-bond donors (Lipinski definition) is 1. The van der Waals surface area contributed by atoms with Gasteiger partial charge in [-0.1, -0.05) is 34.1 Å². The topological polar surface area (TPSA) is 40.5 Å². The first-order chi connectivity index (χ1) is 8.99. The largest absolute Gasteiger partial charge is 0.478 e. The van der Waals surface area contributed by atoms with Crippen molar-refractivity contribution in [2.45, 2.75) is 0 Å². The Balaban J connectivity index is 2.56. The van der Waals surface area contributed by atoms with Crippen LogP contribution in [0.25, 0.3) is 11.1 Å². The first-order valence-electron chi connectivity index (χ1n) is 5.79. The SMILES string of the molecule is CN(C)c1ccc(-c2ccc(Br)cc2)c(C(=O)O)c1. The fraction of sp³-hybridized carbons (Fsp3) is 0.133. The molecule has 0 aromatic heterocycles. The van der Waals surface area contributed by atoms with E-state index in [0.717, 1.165) is 21.3 Å². The van der Waals surface area contributed by atoms with E-state index in [1.807, 2.05) is 55.4 Å². The summed E-state index contributed by atoms with van der Waals surface area (Å²) >= 11 is 3.37. The monoisotopic (exact) mass is 319 g/mol. The van der Waals surface area contributed by atoms with Gasteiger partial charge in [0.05, 0.1) is 5.56 Å². The number of benzene rings is 2. The van der Waals surface area contributed by atoms with Gasteiger partial charge in [0.2, 0.25) is 0 Å². The van der Waals surface area contributed by atoms with Gasteiger partial charge in [-0.15, -0.1) is 0 Å². The maximum Gasteiger partial charge on any atom is 0.336 e. The maximum absolute atomic E-state index is 11.4. The van der Waals surface area contributed by atoms with E-state index in [4.69, 9.17) is 0 Å². The molecule has 2 aromatic rings. The van der Waals surface area contributed by atoms with Gasteiger partial charge in [-0.05, 0) is 35.4 Å². The molecule has 0 spiro atoms. The fourth-order valence-corrected chi connectivity index (χ4v) is 2.13. The average Bonchev–Trinajstić information content (AvgIpc) is 2.38. The van der Waals surface area contributed by atoms with Crippen LogP contribution in [0, 0.1) is 0 Å². The predicted octanol–water partition coefficient (Wildman–Crippen LogP) is 3.88. The molecule has 0 aliphatic rings. The van der Waals surface area contributed by atoms with Crippen molar-refractivity contribution < 1.29 is 9.90 Å². The van der Waals surface area contributed by atoms with Gasteiger partial charge in [-0.25, -0.2) is 4.79 Å². The van der Waals surface area contributed by atoms with Crippen LogP contribution in [0.4, 0.5) is 5.69 Å². The molecule has 0 aliphatic heterocycles. The highest BCUT2D eigenvalue weighted by molar-refractivity contribution is 9.10. The minimum absolute atomic E-state index is 0.313. The Hall–Kier alpha value is -1.81. The fourth-order valence-electron chi connectivity index (χ4n) is 1.87. The Bertz CT molecular complexity index is 606. The Labute approximate surface area is 120 Å². The summed E-state index contributed by atoms with van der Waals surface area (Å²) in [6.07, 6.45) is 0. The molecule has 0 aliphatic carbocycles. The zero-order valence-corrected chi connectivity index (χ0v) is 12.3. The summed E-state index contributed by atoms with van der Waals surface area (Å²) in [6.45, 7) is 0. The summed E-state index contributed by atoms with van der Waals surface area (Å²) in [5.41, 5.74) is 2.81. The number of aromatic carboxylic acids is 1. The molecular weight excluding hydrogens is 306 g/mol. The standard InChI is InChI=1S/C15H14BrNO2/c1-17(2)12-7-8-13(14(9-12)15(18)19)10-3-5-11(16)6-4-10/h3-9H,1-2H3,(H,18,19).